The van der Waals surface area contributed by atoms with Crippen LogP contribution in [0.25, 0.3) is 0 Å². The highest BCUT2D eigenvalue weighted by Crippen LogP contribution is 2.15. The van der Waals surface area contributed by atoms with Gasteiger partial charge in [0.1, 0.15) is 0 Å². The van der Waals surface area contributed by atoms with E-state index in [2.05, 4.69) is 42.1 Å². The molecule has 0 spiro atoms. The van der Waals surface area contributed by atoms with Crippen LogP contribution in [0.1, 0.15) is 4.11 Å². The Hall–Kier alpha value is 0.1000. The maximum absolute atomic E-state index is 6.91. The lowest BCUT2D eigenvalue weighted by Gasteiger charge is -1.76. The van der Waals surface area contributed by atoms with E-state index < -0.39 is 6.98 Å². The highest BCUT2D eigenvalue weighted by atomic mass is 79.9. The van der Waals surface area contributed by atoms with Gasteiger partial charge in [0.25, 0.3) is 0 Å². The van der Waals surface area contributed by atoms with Gasteiger partial charge in [-0.15, -0.1) is 10.2 Å². The van der Waals surface area contributed by atoms with Crippen LogP contribution in [0.3, 0.4) is 0 Å². The second-order valence-electron chi connectivity index (χ2n) is 1.07. The molecule has 5 heteroatoms. The van der Waals surface area contributed by atoms with Gasteiger partial charge >= 0.3 is 0 Å². The molecule has 0 fully saturated rings. The average Bonchev–Trinajstić information content (AvgIpc) is 2.11. The number of hydrogen-bond acceptors (Lipinski definition) is 2. The molecule has 1 heterocycles. The number of nitrogens with zero attached hydrogens (tertiary/aromatic N) is 3. The molecular formula is C3H3Br2N3. The van der Waals surface area contributed by atoms with Crippen molar-refractivity contribution in [3.8, 4) is 0 Å². The predicted octanol–water partition coefficient (Wildman–Crippen LogP) is 1.34. The molecule has 0 amide bonds. The van der Waals surface area contributed by atoms with Crippen molar-refractivity contribution in [2.75, 3.05) is 0 Å². The first-order valence-electron chi connectivity index (χ1n) is 3.20. The van der Waals surface area contributed by atoms with E-state index in [1.54, 1.807) is 0 Å². The first-order chi connectivity index (χ1) is 4.91. The molecule has 1 rings (SSSR count). The largest absolute Gasteiger partial charge is 0.186 e. The topological polar surface area (TPSA) is 30.7 Å². The van der Waals surface area contributed by atoms with Crippen LogP contribution in [-0.2, 0) is 6.98 Å². The molecular weight excluding hydrogens is 238 g/mol. The van der Waals surface area contributed by atoms with Gasteiger partial charge in [-0.05, 0) is 31.9 Å². The van der Waals surface area contributed by atoms with Crippen molar-refractivity contribution in [3.05, 3.63) is 9.21 Å². The lowest BCUT2D eigenvalue weighted by Crippen LogP contribution is -1.90. The normalized spacial score (nSPS) is 17.0. The Morgan fingerprint density at radius 3 is 2.25 bits per heavy atom. The predicted molar refractivity (Wildman–Crippen MR) is 36.4 cm³/mol. The minimum Gasteiger partial charge on any atom is -0.186 e. The lowest BCUT2D eigenvalue weighted by atomic mass is 11.0. The number of aromatic nitrogens is 3. The second-order valence-corrected chi connectivity index (χ2v) is 2.57. The summed E-state index contributed by atoms with van der Waals surface area (Å²) in [4.78, 5) is 0.668. The van der Waals surface area contributed by atoms with Crippen molar-refractivity contribution in [2.45, 2.75) is 0 Å². The van der Waals surface area contributed by atoms with Crippen LogP contribution in [0.2, 0.25) is 0 Å². The van der Waals surface area contributed by atoms with Gasteiger partial charge in [-0.2, -0.15) is 4.80 Å². The van der Waals surface area contributed by atoms with Crippen LogP contribution in [-0.4, -0.2) is 15.0 Å². The van der Waals surface area contributed by atoms with Gasteiger partial charge in [0, 0.05) is 11.1 Å². The Bertz CT molecular complexity index is 248. The summed E-state index contributed by atoms with van der Waals surface area (Å²) in [6.45, 7) is -2.31. The van der Waals surface area contributed by atoms with Crippen molar-refractivity contribution in [1.82, 2.24) is 15.0 Å². The van der Waals surface area contributed by atoms with Gasteiger partial charge in [0.2, 0.25) is 0 Å². The molecule has 8 heavy (non-hydrogen) atoms. The summed E-state index contributed by atoms with van der Waals surface area (Å²) in [7, 11) is 0. The highest BCUT2D eigenvalue weighted by molar-refractivity contribution is 9.13. The standard InChI is InChI=1S/C3H3Br2N3/c1-8-6-2(4)3(5)7-8/h1H3/i1D3. The first-order valence-corrected chi connectivity index (χ1v) is 3.28. The number of halogens is 2. The van der Waals surface area contributed by atoms with E-state index in [9.17, 15) is 0 Å². The molecule has 0 aliphatic carbocycles. The monoisotopic (exact) mass is 242 g/mol. The first kappa shape index (κ1) is 3.31. The van der Waals surface area contributed by atoms with Crippen molar-refractivity contribution >= 4 is 31.9 Å². The molecule has 0 aliphatic rings. The number of hydrogen-bond donors (Lipinski definition) is 0. The summed E-state index contributed by atoms with van der Waals surface area (Å²) in [6, 6.07) is 0. The van der Waals surface area contributed by atoms with E-state index in [1.807, 2.05) is 0 Å². The summed E-state index contributed by atoms with van der Waals surface area (Å²) in [5.74, 6) is 0. The molecule has 0 atom stereocenters. The third-order valence-corrected chi connectivity index (χ3v) is 2.14. The van der Waals surface area contributed by atoms with Crippen LogP contribution >= 0.6 is 31.9 Å². The highest BCUT2D eigenvalue weighted by Gasteiger charge is 1.99. The summed E-state index contributed by atoms with van der Waals surface area (Å²) < 4.78 is 21.5. The molecule has 44 valence electrons. The Labute approximate surface area is 67.5 Å². The smallest absolute Gasteiger partial charge is 0.162 e. The van der Waals surface area contributed by atoms with E-state index in [1.165, 1.54) is 0 Å². The third-order valence-electron chi connectivity index (χ3n) is 0.535. The minimum atomic E-state index is -2.31. The zero-order chi connectivity index (χ0) is 8.65. The van der Waals surface area contributed by atoms with E-state index in [0.29, 0.717) is 14.0 Å². The fourth-order valence-corrected chi connectivity index (χ4v) is 0.730. The van der Waals surface area contributed by atoms with Gasteiger partial charge in [-0.3, -0.25) is 0 Å². The SMILES string of the molecule is [2H]C([2H])([2H])n1nc(Br)c(Br)n1. The third kappa shape index (κ3) is 1.08. The molecule has 0 aromatic carbocycles. The van der Waals surface area contributed by atoms with Gasteiger partial charge in [0.05, 0.1) is 0 Å². The van der Waals surface area contributed by atoms with Gasteiger partial charge in [-0.1, -0.05) is 0 Å². The van der Waals surface area contributed by atoms with Crippen LogP contribution in [0.15, 0.2) is 9.21 Å². The fraction of sp³-hybridized carbons (Fsp3) is 0.333. The van der Waals surface area contributed by atoms with E-state index >= 15 is 0 Å². The zero-order valence-electron chi connectivity index (χ0n) is 6.60. The molecule has 0 radical (unpaired) electrons. The second kappa shape index (κ2) is 2.14. The molecule has 0 unspecified atom stereocenters. The van der Waals surface area contributed by atoms with Crippen LogP contribution in [0.5, 0.6) is 0 Å². The van der Waals surface area contributed by atoms with E-state index in [0.717, 1.165) is 0 Å². The molecule has 3 nitrogen and oxygen atoms in total. The summed E-state index contributed by atoms with van der Waals surface area (Å²) in [5, 5.41) is 7.19. The molecule has 0 aliphatic heterocycles. The van der Waals surface area contributed by atoms with Crippen LogP contribution < -0.4 is 0 Å². The Morgan fingerprint density at radius 2 is 2.00 bits per heavy atom. The maximum atomic E-state index is 6.91. The van der Waals surface area contributed by atoms with Crippen LogP contribution in [0.4, 0.5) is 0 Å². The maximum Gasteiger partial charge on any atom is 0.162 e. The quantitative estimate of drug-likeness (QED) is 0.689. The summed E-state index contributed by atoms with van der Waals surface area (Å²) in [5.41, 5.74) is 0. The molecule has 1 aromatic rings. The lowest BCUT2D eigenvalue weighted by molar-refractivity contribution is 0.648. The van der Waals surface area contributed by atoms with Gasteiger partial charge < -0.3 is 0 Å². The Kier molecular flexibility index (Phi) is 0.888. The number of rotatable bonds is 0. The van der Waals surface area contributed by atoms with Crippen molar-refractivity contribution in [2.24, 2.45) is 6.98 Å². The molecule has 0 bridgehead atoms. The molecule has 0 saturated carbocycles. The Balaban J connectivity index is 3.08. The van der Waals surface area contributed by atoms with Crippen LogP contribution in [0, 0.1) is 0 Å². The van der Waals surface area contributed by atoms with Crippen molar-refractivity contribution in [1.29, 1.82) is 0 Å². The minimum absolute atomic E-state index is 0.383. The average molecular weight is 244 g/mol. The van der Waals surface area contributed by atoms with E-state index in [4.69, 9.17) is 4.11 Å². The summed E-state index contributed by atoms with van der Waals surface area (Å²) in [6.07, 6.45) is 0. The van der Waals surface area contributed by atoms with Gasteiger partial charge in [0.15, 0.2) is 9.21 Å². The molecule has 0 N–H and O–H groups in total. The molecule has 0 saturated heterocycles. The zero-order valence-corrected chi connectivity index (χ0v) is 6.77. The van der Waals surface area contributed by atoms with Crippen molar-refractivity contribution < 1.29 is 4.11 Å². The fourth-order valence-electron chi connectivity index (χ4n) is 0.271. The Morgan fingerprint density at radius 1 is 1.50 bits per heavy atom. The van der Waals surface area contributed by atoms with E-state index in [-0.39, 0.29) is 0 Å². The number of aryl methyl sites for hydroxylation is 1. The molecule has 1 aromatic heterocycles. The van der Waals surface area contributed by atoms with Crippen molar-refractivity contribution in [3.63, 3.8) is 0 Å². The van der Waals surface area contributed by atoms with Gasteiger partial charge in [-0.25, -0.2) is 0 Å². The summed E-state index contributed by atoms with van der Waals surface area (Å²) >= 11 is 6.03.